The summed E-state index contributed by atoms with van der Waals surface area (Å²) in [5.41, 5.74) is 1.12. The third-order valence-corrected chi connectivity index (χ3v) is 9.56. The van der Waals surface area contributed by atoms with Crippen LogP contribution in [0.4, 0.5) is 0 Å². The van der Waals surface area contributed by atoms with Crippen LogP contribution in [-0.2, 0) is 23.6 Å². The second-order valence-electron chi connectivity index (χ2n) is 9.03. The number of fused-ring (bicyclic) bond motifs is 1. The van der Waals surface area contributed by atoms with Gasteiger partial charge in [0.05, 0.1) is 11.6 Å². The Balaban J connectivity index is 1.56. The average Bonchev–Trinajstić information content (AvgIpc) is 3.70. The number of amides is 1. The Morgan fingerprint density at radius 2 is 1.89 bits per heavy atom. The van der Waals surface area contributed by atoms with E-state index in [1.54, 1.807) is 44.2 Å². The number of ether oxygens (including phenoxy) is 1. The largest absolute Gasteiger partial charge is 0.474 e. The Bertz CT molecular complexity index is 1530. The summed E-state index contributed by atoms with van der Waals surface area (Å²) in [6, 6.07) is 12.0. The third kappa shape index (κ3) is 4.95. The lowest BCUT2D eigenvalue weighted by Gasteiger charge is -2.25. The minimum absolute atomic E-state index is 0.0384. The van der Waals surface area contributed by atoms with Gasteiger partial charge in [-0.1, -0.05) is 26.0 Å². The van der Waals surface area contributed by atoms with E-state index in [4.69, 9.17) is 10.00 Å². The number of aromatic nitrogens is 2. The third-order valence-electron chi connectivity index (χ3n) is 6.75. The lowest BCUT2D eigenvalue weighted by Crippen LogP contribution is -2.43. The number of nitrogens with zero attached hydrogens (tertiary/aromatic N) is 4. The summed E-state index contributed by atoms with van der Waals surface area (Å²) >= 11 is 0. The van der Waals surface area contributed by atoms with E-state index in [0.717, 1.165) is 5.56 Å². The molecule has 0 spiro atoms. The SMILES string of the molecule is CCN(CC)S(=O)(=O)C1(COc2nccc3cc(C(=O)NCc4ccc(C#N)cc4)c(=O)n(C)c23)CC1. The summed E-state index contributed by atoms with van der Waals surface area (Å²) in [6.07, 6.45) is 2.50. The maximum Gasteiger partial charge on any atom is 0.263 e. The predicted octanol–water partition coefficient (Wildman–Crippen LogP) is 2.32. The number of rotatable bonds is 10. The zero-order valence-corrected chi connectivity index (χ0v) is 21.8. The zero-order valence-electron chi connectivity index (χ0n) is 21.0. The van der Waals surface area contributed by atoms with E-state index in [1.807, 2.05) is 6.07 Å². The molecule has 10 nitrogen and oxygen atoms in total. The van der Waals surface area contributed by atoms with Gasteiger partial charge in [-0.15, -0.1) is 0 Å². The Kier molecular flexibility index (Phi) is 7.34. The molecule has 11 heteroatoms. The first-order chi connectivity index (χ1) is 17.7. The molecule has 1 saturated carbocycles. The second kappa shape index (κ2) is 10.3. The van der Waals surface area contributed by atoms with Gasteiger partial charge in [0.15, 0.2) is 0 Å². The summed E-state index contributed by atoms with van der Waals surface area (Å²) in [5, 5.41) is 12.2. The number of aryl methyl sites for hydroxylation is 1. The monoisotopic (exact) mass is 523 g/mol. The van der Waals surface area contributed by atoms with E-state index in [0.29, 0.717) is 42.4 Å². The summed E-state index contributed by atoms with van der Waals surface area (Å²) in [6.45, 7) is 4.50. The molecule has 0 saturated heterocycles. The van der Waals surface area contributed by atoms with Crippen molar-refractivity contribution in [3.63, 3.8) is 0 Å². The molecule has 0 unspecified atom stereocenters. The van der Waals surface area contributed by atoms with Crippen LogP contribution in [0.3, 0.4) is 0 Å². The van der Waals surface area contributed by atoms with Crippen molar-refractivity contribution in [2.45, 2.75) is 38.0 Å². The van der Waals surface area contributed by atoms with Crippen LogP contribution in [0, 0.1) is 11.3 Å². The first-order valence-electron chi connectivity index (χ1n) is 12.1. The van der Waals surface area contributed by atoms with Gasteiger partial charge in [-0.05, 0) is 42.7 Å². The highest BCUT2D eigenvalue weighted by atomic mass is 32.2. The fourth-order valence-electron chi connectivity index (χ4n) is 4.30. The van der Waals surface area contributed by atoms with Gasteiger partial charge in [0.2, 0.25) is 15.9 Å². The van der Waals surface area contributed by atoms with Crippen LogP contribution in [0.1, 0.15) is 48.2 Å². The number of pyridine rings is 2. The Morgan fingerprint density at radius 3 is 2.49 bits per heavy atom. The average molecular weight is 524 g/mol. The lowest BCUT2D eigenvalue weighted by atomic mass is 10.1. The maximum absolute atomic E-state index is 13.1. The smallest absolute Gasteiger partial charge is 0.263 e. The standard InChI is InChI=1S/C26H29N5O5S/c1-4-31(5-2)37(34,35)26(11-12-26)17-36-24-22-20(10-13-28-24)14-21(25(33)30(22)3)23(32)29-16-19-8-6-18(15-27)7-9-19/h6-10,13-14H,4-5,11-12,16-17H2,1-3H3,(H,29,32). The van der Waals surface area contributed by atoms with Crippen molar-refractivity contribution in [1.29, 1.82) is 5.26 Å². The fourth-order valence-corrected chi connectivity index (χ4v) is 6.35. The molecule has 0 atom stereocenters. The number of hydrogen-bond donors (Lipinski definition) is 1. The number of carbonyl (C=O) groups excluding carboxylic acids is 1. The molecule has 1 aliphatic carbocycles. The molecule has 37 heavy (non-hydrogen) atoms. The number of sulfonamides is 1. The number of carbonyl (C=O) groups is 1. The summed E-state index contributed by atoms with van der Waals surface area (Å²) in [7, 11) is -2.02. The number of benzene rings is 1. The molecule has 2 heterocycles. The van der Waals surface area contributed by atoms with Crippen molar-refractivity contribution in [2.24, 2.45) is 7.05 Å². The zero-order chi connectivity index (χ0) is 26.8. The van der Waals surface area contributed by atoms with Gasteiger partial charge < -0.3 is 14.6 Å². The minimum atomic E-state index is -3.54. The van der Waals surface area contributed by atoms with E-state index >= 15 is 0 Å². The normalized spacial score (nSPS) is 14.4. The van der Waals surface area contributed by atoms with Gasteiger partial charge in [-0.2, -0.15) is 5.26 Å². The van der Waals surface area contributed by atoms with Gasteiger partial charge in [-0.3, -0.25) is 9.59 Å². The van der Waals surface area contributed by atoms with Crippen LogP contribution in [0.25, 0.3) is 10.9 Å². The van der Waals surface area contributed by atoms with E-state index < -0.39 is 26.2 Å². The molecule has 0 bridgehead atoms. The summed E-state index contributed by atoms with van der Waals surface area (Å²) < 4.78 is 33.9. The molecule has 194 valence electrons. The Hall–Kier alpha value is -3.75. The van der Waals surface area contributed by atoms with E-state index in [1.165, 1.54) is 28.2 Å². The molecule has 4 rings (SSSR count). The molecule has 2 aromatic heterocycles. The molecule has 1 aromatic carbocycles. The van der Waals surface area contributed by atoms with Crippen LogP contribution in [0.5, 0.6) is 5.88 Å². The molecular formula is C26H29N5O5S. The quantitative estimate of drug-likeness (QED) is 0.431. The molecule has 3 aromatic rings. The van der Waals surface area contributed by atoms with Crippen molar-refractivity contribution in [3.8, 4) is 11.9 Å². The lowest BCUT2D eigenvalue weighted by molar-refractivity contribution is 0.0949. The van der Waals surface area contributed by atoms with E-state index in [9.17, 15) is 18.0 Å². The Labute approximate surface area is 215 Å². The predicted molar refractivity (Wildman–Crippen MR) is 139 cm³/mol. The molecule has 1 N–H and O–H groups in total. The van der Waals surface area contributed by atoms with Crippen LogP contribution in [0.2, 0.25) is 0 Å². The van der Waals surface area contributed by atoms with Gasteiger partial charge >= 0.3 is 0 Å². The molecular weight excluding hydrogens is 494 g/mol. The van der Waals surface area contributed by atoms with Crippen molar-refractivity contribution in [2.75, 3.05) is 19.7 Å². The van der Waals surface area contributed by atoms with Gasteiger partial charge in [0, 0.05) is 38.3 Å². The van der Waals surface area contributed by atoms with E-state index in [-0.39, 0.29) is 24.6 Å². The highest BCUT2D eigenvalue weighted by Crippen LogP contribution is 2.45. The minimum Gasteiger partial charge on any atom is -0.474 e. The van der Waals surface area contributed by atoms with Crippen LogP contribution in [0.15, 0.2) is 47.4 Å². The first kappa shape index (κ1) is 26.3. The number of nitrogens with one attached hydrogen (secondary N) is 1. The van der Waals surface area contributed by atoms with Crippen LogP contribution in [-0.4, -0.2) is 52.6 Å². The van der Waals surface area contributed by atoms with Crippen molar-refractivity contribution in [1.82, 2.24) is 19.2 Å². The fraction of sp³-hybridized carbons (Fsp3) is 0.385. The Morgan fingerprint density at radius 1 is 1.22 bits per heavy atom. The van der Waals surface area contributed by atoms with Gasteiger partial charge in [-0.25, -0.2) is 17.7 Å². The van der Waals surface area contributed by atoms with Gasteiger partial charge in [0.25, 0.3) is 11.5 Å². The van der Waals surface area contributed by atoms with Crippen LogP contribution >= 0.6 is 0 Å². The summed E-state index contributed by atoms with van der Waals surface area (Å²) in [5.74, 6) is -0.393. The number of hydrogen-bond acceptors (Lipinski definition) is 7. The molecule has 1 fully saturated rings. The first-order valence-corrected chi connectivity index (χ1v) is 13.5. The van der Waals surface area contributed by atoms with Crippen molar-refractivity contribution < 1.29 is 17.9 Å². The topological polar surface area (TPSA) is 134 Å². The summed E-state index contributed by atoms with van der Waals surface area (Å²) in [4.78, 5) is 30.2. The highest BCUT2D eigenvalue weighted by Gasteiger charge is 2.57. The van der Waals surface area contributed by atoms with Crippen LogP contribution < -0.4 is 15.6 Å². The molecule has 1 aliphatic rings. The van der Waals surface area contributed by atoms with Crippen molar-refractivity contribution >= 4 is 26.8 Å². The maximum atomic E-state index is 13.1. The molecule has 1 amide bonds. The van der Waals surface area contributed by atoms with E-state index in [2.05, 4.69) is 10.3 Å². The van der Waals surface area contributed by atoms with Gasteiger partial charge in [0.1, 0.15) is 22.4 Å². The number of nitriles is 1. The second-order valence-corrected chi connectivity index (χ2v) is 11.4. The highest BCUT2D eigenvalue weighted by molar-refractivity contribution is 7.90. The molecule has 0 aliphatic heterocycles. The van der Waals surface area contributed by atoms with Crippen molar-refractivity contribution in [3.05, 3.63) is 69.6 Å². The molecule has 0 radical (unpaired) electrons.